The number of carbonyl (C=O) groups excluding carboxylic acids is 1. The number of aryl methyl sites for hydroxylation is 1. The summed E-state index contributed by atoms with van der Waals surface area (Å²) in [6.07, 6.45) is 1.65. The zero-order valence-electron chi connectivity index (χ0n) is 14.9. The Kier molecular flexibility index (Phi) is 6.54. The van der Waals surface area contributed by atoms with Crippen molar-refractivity contribution in [2.75, 3.05) is 12.0 Å². The zero-order chi connectivity index (χ0) is 18.9. The Morgan fingerprint density at radius 3 is 2.74 bits per heavy atom. The summed E-state index contributed by atoms with van der Waals surface area (Å²) in [4.78, 5) is 16.3. The van der Waals surface area contributed by atoms with Crippen molar-refractivity contribution in [2.24, 2.45) is 5.10 Å². The lowest BCUT2D eigenvalue weighted by molar-refractivity contribution is -0.123. The molecule has 0 radical (unpaired) electrons. The minimum absolute atomic E-state index is 0.0587. The van der Waals surface area contributed by atoms with Gasteiger partial charge in [0.05, 0.1) is 11.9 Å². The molecule has 0 aliphatic heterocycles. The summed E-state index contributed by atoms with van der Waals surface area (Å²) in [5.74, 6) is 0.412. The molecule has 0 spiro atoms. The van der Waals surface area contributed by atoms with Gasteiger partial charge in [0.25, 0.3) is 5.91 Å². The molecule has 3 rings (SSSR count). The highest BCUT2D eigenvalue weighted by Crippen LogP contribution is 2.17. The first-order chi connectivity index (χ1) is 13.2. The number of hydrogen-bond donors (Lipinski definition) is 2. The smallest absolute Gasteiger partial charge is 0.258 e. The molecule has 2 N–H and O–H groups in total. The fraction of sp³-hybridized carbons (Fsp3) is 0.150. The van der Waals surface area contributed by atoms with E-state index in [1.807, 2.05) is 60.8 Å². The lowest BCUT2D eigenvalue weighted by Gasteiger charge is -2.09. The number of thiazole rings is 1. The molecule has 7 heteroatoms. The van der Waals surface area contributed by atoms with Gasteiger partial charge in [0.1, 0.15) is 5.75 Å². The Bertz CT molecular complexity index is 909. The van der Waals surface area contributed by atoms with Crippen LogP contribution in [0.4, 0.5) is 5.13 Å². The van der Waals surface area contributed by atoms with Gasteiger partial charge >= 0.3 is 0 Å². The van der Waals surface area contributed by atoms with Crippen LogP contribution in [-0.2, 0) is 11.3 Å². The molecule has 0 saturated carbocycles. The Hall–Kier alpha value is -3.19. The molecule has 27 heavy (non-hydrogen) atoms. The standard InChI is InChI=1S/C20H20N4O2S/c1-15-14-27-20(23-15)24-22-12-17-9-5-6-10-18(17)26-13-19(25)21-11-16-7-3-2-4-8-16/h2-10,12,14H,11,13H2,1H3,(H,21,25)(H,23,24). The van der Waals surface area contributed by atoms with Gasteiger partial charge < -0.3 is 10.1 Å². The Labute approximate surface area is 161 Å². The van der Waals surface area contributed by atoms with Crippen LogP contribution in [-0.4, -0.2) is 23.7 Å². The van der Waals surface area contributed by atoms with Crippen molar-refractivity contribution in [3.05, 3.63) is 76.8 Å². The van der Waals surface area contributed by atoms with Gasteiger partial charge in [-0.05, 0) is 24.6 Å². The van der Waals surface area contributed by atoms with Crippen molar-refractivity contribution in [3.63, 3.8) is 0 Å². The topological polar surface area (TPSA) is 75.6 Å². The SMILES string of the molecule is Cc1csc(NN=Cc2ccccc2OCC(=O)NCc2ccccc2)n1. The number of nitrogens with one attached hydrogen (secondary N) is 2. The van der Waals surface area contributed by atoms with Crippen molar-refractivity contribution in [3.8, 4) is 5.75 Å². The molecule has 0 saturated heterocycles. The highest BCUT2D eigenvalue weighted by molar-refractivity contribution is 7.13. The monoisotopic (exact) mass is 380 g/mol. The van der Waals surface area contributed by atoms with Crippen molar-refractivity contribution in [2.45, 2.75) is 13.5 Å². The quantitative estimate of drug-likeness (QED) is 0.463. The third-order valence-electron chi connectivity index (χ3n) is 3.59. The van der Waals surface area contributed by atoms with E-state index in [0.717, 1.165) is 22.0 Å². The molecule has 138 valence electrons. The fourth-order valence-corrected chi connectivity index (χ4v) is 2.91. The molecule has 1 amide bonds. The fourth-order valence-electron chi connectivity index (χ4n) is 2.27. The van der Waals surface area contributed by atoms with Gasteiger partial charge in [-0.25, -0.2) is 4.98 Å². The highest BCUT2D eigenvalue weighted by Gasteiger charge is 2.06. The van der Waals surface area contributed by atoms with Crippen LogP contribution in [0.1, 0.15) is 16.8 Å². The molecule has 0 aliphatic carbocycles. The van der Waals surface area contributed by atoms with E-state index in [0.29, 0.717) is 12.3 Å². The summed E-state index contributed by atoms with van der Waals surface area (Å²) in [7, 11) is 0. The van der Waals surface area contributed by atoms with E-state index >= 15 is 0 Å². The lowest BCUT2D eigenvalue weighted by atomic mass is 10.2. The predicted molar refractivity (Wildman–Crippen MR) is 108 cm³/mol. The van der Waals surface area contributed by atoms with Crippen molar-refractivity contribution >= 4 is 28.6 Å². The average Bonchev–Trinajstić information content (AvgIpc) is 3.11. The van der Waals surface area contributed by atoms with Gasteiger partial charge in [-0.1, -0.05) is 42.5 Å². The second-order valence-corrected chi connectivity index (χ2v) is 6.61. The van der Waals surface area contributed by atoms with Crippen LogP contribution in [0.5, 0.6) is 5.75 Å². The molecular weight excluding hydrogens is 360 g/mol. The predicted octanol–water partition coefficient (Wildman–Crippen LogP) is 3.59. The number of nitrogens with zero attached hydrogens (tertiary/aromatic N) is 2. The van der Waals surface area contributed by atoms with E-state index in [4.69, 9.17) is 4.74 Å². The van der Waals surface area contributed by atoms with Crippen LogP contribution in [0, 0.1) is 6.92 Å². The lowest BCUT2D eigenvalue weighted by Crippen LogP contribution is -2.28. The number of hydrogen-bond acceptors (Lipinski definition) is 6. The number of ether oxygens (including phenoxy) is 1. The van der Waals surface area contributed by atoms with Crippen molar-refractivity contribution < 1.29 is 9.53 Å². The number of carbonyl (C=O) groups is 1. The second kappa shape index (κ2) is 9.49. The van der Waals surface area contributed by atoms with Crippen molar-refractivity contribution in [1.29, 1.82) is 0 Å². The number of amides is 1. The minimum Gasteiger partial charge on any atom is -0.483 e. The molecule has 6 nitrogen and oxygen atoms in total. The number of rotatable bonds is 8. The molecule has 0 fully saturated rings. The van der Waals surface area contributed by atoms with E-state index in [1.165, 1.54) is 11.3 Å². The number of hydrazone groups is 1. The molecule has 0 bridgehead atoms. The summed E-state index contributed by atoms with van der Waals surface area (Å²) in [6.45, 7) is 2.34. The maximum atomic E-state index is 12.0. The molecule has 0 aliphatic rings. The number of anilines is 1. The summed E-state index contributed by atoms with van der Waals surface area (Å²) >= 11 is 1.49. The third kappa shape index (κ3) is 5.93. The molecule has 2 aromatic carbocycles. The van der Waals surface area contributed by atoms with Crippen LogP contribution in [0.3, 0.4) is 0 Å². The van der Waals surface area contributed by atoms with Crippen LogP contribution in [0.15, 0.2) is 65.1 Å². The largest absolute Gasteiger partial charge is 0.483 e. The number of para-hydroxylation sites is 1. The number of aromatic nitrogens is 1. The van der Waals surface area contributed by atoms with Gasteiger partial charge in [-0.3, -0.25) is 10.2 Å². The molecule has 1 aromatic heterocycles. The van der Waals surface area contributed by atoms with Gasteiger partial charge in [0.15, 0.2) is 6.61 Å². The van der Waals surface area contributed by atoms with Crippen molar-refractivity contribution in [1.82, 2.24) is 10.3 Å². The first-order valence-corrected chi connectivity index (χ1v) is 9.32. The molecule has 0 atom stereocenters. The summed E-state index contributed by atoms with van der Waals surface area (Å²) in [5, 5.41) is 9.69. The summed E-state index contributed by atoms with van der Waals surface area (Å²) in [5.41, 5.74) is 5.65. The zero-order valence-corrected chi connectivity index (χ0v) is 15.7. The van der Waals surface area contributed by atoms with Gasteiger partial charge in [0, 0.05) is 17.5 Å². The van der Waals surface area contributed by atoms with E-state index in [9.17, 15) is 4.79 Å². The average molecular weight is 380 g/mol. The first-order valence-electron chi connectivity index (χ1n) is 8.44. The van der Waals surface area contributed by atoms with Gasteiger partial charge in [-0.15, -0.1) is 11.3 Å². The van der Waals surface area contributed by atoms with E-state index in [-0.39, 0.29) is 12.5 Å². The van der Waals surface area contributed by atoms with Gasteiger partial charge in [-0.2, -0.15) is 5.10 Å². The van der Waals surface area contributed by atoms with E-state index in [2.05, 4.69) is 20.8 Å². The maximum Gasteiger partial charge on any atom is 0.258 e. The van der Waals surface area contributed by atoms with Crippen LogP contribution in [0.2, 0.25) is 0 Å². The summed E-state index contributed by atoms with van der Waals surface area (Å²) < 4.78 is 5.65. The second-order valence-electron chi connectivity index (χ2n) is 5.75. The number of benzene rings is 2. The van der Waals surface area contributed by atoms with Crippen LogP contribution >= 0.6 is 11.3 Å². The van der Waals surface area contributed by atoms with Crippen LogP contribution < -0.4 is 15.5 Å². The Morgan fingerprint density at radius 1 is 1.19 bits per heavy atom. The van der Waals surface area contributed by atoms with Gasteiger partial charge in [0.2, 0.25) is 5.13 Å². The minimum atomic E-state index is -0.179. The van der Waals surface area contributed by atoms with Crippen LogP contribution in [0.25, 0.3) is 0 Å². The first kappa shape index (κ1) is 18.6. The van der Waals surface area contributed by atoms with E-state index in [1.54, 1.807) is 12.3 Å². The maximum absolute atomic E-state index is 12.0. The molecular formula is C20H20N4O2S. The molecule has 1 heterocycles. The third-order valence-corrected chi connectivity index (χ3v) is 4.46. The van der Waals surface area contributed by atoms with E-state index < -0.39 is 0 Å². The summed E-state index contributed by atoms with van der Waals surface area (Å²) in [6, 6.07) is 17.2. The Balaban J connectivity index is 1.51. The highest BCUT2D eigenvalue weighted by atomic mass is 32.1. The molecule has 0 unspecified atom stereocenters. The molecule has 3 aromatic rings. The normalized spacial score (nSPS) is 10.7. The Morgan fingerprint density at radius 2 is 1.96 bits per heavy atom.